The predicted molar refractivity (Wildman–Crippen MR) is 93.1 cm³/mol. The number of benzene rings is 2. The molecule has 0 radical (unpaired) electrons. The number of methoxy groups -OCH3 is 3. The molecular formula is C19H17NO5. The van der Waals surface area contributed by atoms with Gasteiger partial charge in [-0.1, -0.05) is 12.1 Å². The highest BCUT2D eigenvalue weighted by Gasteiger charge is 2.25. The van der Waals surface area contributed by atoms with E-state index in [1.54, 1.807) is 38.5 Å². The number of rotatable bonds is 5. The van der Waals surface area contributed by atoms with Gasteiger partial charge in [-0.2, -0.15) is 0 Å². The maximum Gasteiger partial charge on any atom is 0.363 e. The quantitative estimate of drug-likeness (QED) is 0.619. The van der Waals surface area contributed by atoms with E-state index >= 15 is 0 Å². The molecule has 0 N–H and O–H groups in total. The largest absolute Gasteiger partial charge is 0.497 e. The monoisotopic (exact) mass is 339 g/mol. The van der Waals surface area contributed by atoms with E-state index in [2.05, 4.69) is 4.99 Å². The van der Waals surface area contributed by atoms with E-state index in [1.165, 1.54) is 7.11 Å². The van der Waals surface area contributed by atoms with Gasteiger partial charge in [0.05, 0.1) is 21.3 Å². The first-order valence-corrected chi connectivity index (χ1v) is 7.53. The number of hydrogen-bond donors (Lipinski definition) is 0. The normalized spacial score (nSPS) is 14.9. The second-order valence-electron chi connectivity index (χ2n) is 5.18. The van der Waals surface area contributed by atoms with Crippen LogP contribution in [0.3, 0.4) is 0 Å². The minimum absolute atomic E-state index is 0.220. The van der Waals surface area contributed by atoms with Gasteiger partial charge in [0.2, 0.25) is 5.90 Å². The number of ether oxygens (including phenoxy) is 4. The molecule has 0 unspecified atom stereocenters. The Kier molecular flexibility index (Phi) is 4.70. The summed E-state index contributed by atoms with van der Waals surface area (Å²) in [6.45, 7) is 0. The van der Waals surface area contributed by atoms with Crippen molar-refractivity contribution >= 4 is 17.9 Å². The molecule has 2 aromatic carbocycles. The SMILES string of the molecule is COc1cccc(/C=C2\N=C(c3ccc(OC)c(OC)c3)OC2=O)c1. The van der Waals surface area contributed by atoms with Crippen molar-refractivity contribution in [1.82, 2.24) is 0 Å². The van der Waals surface area contributed by atoms with Gasteiger partial charge in [0.15, 0.2) is 17.2 Å². The highest BCUT2D eigenvalue weighted by atomic mass is 16.6. The molecule has 6 heteroatoms. The number of carbonyl (C=O) groups is 1. The Morgan fingerprint density at radius 3 is 2.48 bits per heavy atom. The minimum Gasteiger partial charge on any atom is -0.497 e. The van der Waals surface area contributed by atoms with Crippen molar-refractivity contribution < 1.29 is 23.7 Å². The third-order valence-corrected chi connectivity index (χ3v) is 3.65. The van der Waals surface area contributed by atoms with Crippen LogP contribution in [0.1, 0.15) is 11.1 Å². The first-order chi connectivity index (χ1) is 12.1. The second kappa shape index (κ2) is 7.09. The molecule has 0 aliphatic carbocycles. The van der Waals surface area contributed by atoms with Gasteiger partial charge in [-0.15, -0.1) is 0 Å². The van der Waals surface area contributed by atoms with Crippen LogP contribution in [0.15, 0.2) is 53.2 Å². The highest BCUT2D eigenvalue weighted by Crippen LogP contribution is 2.29. The minimum atomic E-state index is -0.507. The van der Waals surface area contributed by atoms with Crippen LogP contribution in [-0.4, -0.2) is 33.2 Å². The Labute approximate surface area is 145 Å². The Hall–Kier alpha value is -3.28. The van der Waals surface area contributed by atoms with Gasteiger partial charge in [0.1, 0.15) is 5.75 Å². The van der Waals surface area contributed by atoms with Crippen LogP contribution >= 0.6 is 0 Å². The third-order valence-electron chi connectivity index (χ3n) is 3.65. The molecule has 6 nitrogen and oxygen atoms in total. The van der Waals surface area contributed by atoms with Crippen LogP contribution in [0.4, 0.5) is 0 Å². The van der Waals surface area contributed by atoms with E-state index in [4.69, 9.17) is 18.9 Å². The van der Waals surface area contributed by atoms with Crippen molar-refractivity contribution in [3.8, 4) is 17.2 Å². The second-order valence-corrected chi connectivity index (χ2v) is 5.18. The molecule has 0 bridgehead atoms. The molecule has 0 saturated heterocycles. The molecule has 0 atom stereocenters. The Morgan fingerprint density at radius 1 is 0.960 bits per heavy atom. The first-order valence-electron chi connectivity index (χ1n) is 7.53. The molecule has 0 spiro atoms. The average Bonchev–Trinajstić information content (AvgIpc) is 3.01. The van der Waals surface area contributed by atoms with Gasteiger partial charge in [0.25, 0.3) is 0 Å². The molecule has 1 aliphatic rings. The highest BCUT2D eigenvalue weighted by molar-refractivity contribution is 6.13. The van der Waals surface area contributed by atoms with Crippen molar-refractivity contribution in [3.05, 3.63) is 59.3 Å². The van der Waals surface area contributed by atoms with Crippen molar-refractivity contribution in [2.24, 2.45) is 4.99 Å². The molecule has 2 aromatic rings. The van der Waals surface area contributed by atoms with Crippen LogP contribution in [0.2, 0.25) is 0 Å². The first kappa shape index (κ1) is 16.6. The van der Waals surface area contributed by atoms with Crippen molar-refractivity contribution in [3.63, 3.8) is 0 Å². The summed E-state index contributed by atoms with van der Waals surface area (Å²) < 4.78 is 20.9. The van der Waals surface area contributed by atoms with Crippen molar-refractivity contribution in [2.45, 2.75) is 0 Å². The smallest absolute Gasteiger partial charge is 0.363 e. The number of hydrogen-bond acceptors (Lipinski definition) is 6. The summed E-state index contributed by atoms with van der Waals surface area (Å²) in [5.41, 5.74) is 1.64. The molecule has 0 amide bonds. The number of esters is 1. The molecule has 1 aliphatic heterocycles. The zero-order valence-corrected chi connectivity index (χ0v) is 14.1. The lowest BCUT2D eigenvalue weighted by Gasteiger charge is -2.08. The summed E-state index contributed by atoms with van der Waals surface area (Å²) in [5, 5.41) is 0. The summed E-state index contributed by atoms with van der Waals surface area (Å²) in [5.74, 6) is 1.53. The van der Waals surface area contributed by atoms with Gasteiger partial charge < -0.3 is 18.9 Å². The van der Waals surface area contributed by atoms with E-state index in [-0.39, 0.29) is 11.6 Å². The van der Waals surface area contributed by atoms with E-state index < -0.39 is 5.97 Å². The van der Waals surface area contributed by atoms with Crippen molar-refractivity contribution in [2.75, 3.05) is 21.3 Å². The maximum atomic E-state index is 12.1. The standard InChI is InChI=1S/C19H17NO5/c1-22-14-6-4-5-12(9-14)10-15-19(21)25-18(20-15)13-7-8-16(23-2)17(11-13)24-3/h4-11H,1-3H3/b15-10-. The molecular weight excluding hydrogens is 322 g/mol. The van der Waals surface area contributed by atoms with Crippen molar-refractivity contribution in [1.29, 1.82) is 0 Å². The molecule has 1 heterocycles. The van der Waals surface area contributed by atoms with Crippen LogP contribution in [-0.2, 0) is 9.53 Å². The zero-order valence-electron chi connectivity index (χ0n) is 14.1. The lowest BCUT2D eigenvalue weighted by Crippen LogP contribution is -2.05. The van der Waals surface area contributed by atoms with E-state index in [9.17, 15) is 4.79 Å². The predicted octanol–water partition coefficient (Wildman–Crippen LogP) is 3.06. The van der Waals surface area contributed by atoms with Gasteiger partial charge >= 0.3 is 5.97 Å². The summed E-state index contributed by atoms with van der Waals surface area (Å²) in [6.07, 6.45) is 1.65. The summed E-state index contributed by atoms with van der Waals surface area (Å²) in [6, 6.07) is 12.5. The average molecular weight is 339 g/mol. The maximum absolute atomic E-state index is 12.1. The van der Waals surface area contributed by atoms with Crippen LogP contribution in [0, 0.1) is 0 Å². The van der Waals surface area contributed by atoms with Crippen LogP contribution in [0.25, 0.3) is 6.08 Å². The lowest BCUT2D eigenvalue weighted by atomic mass is 10.2. The fourth-order valence-electron chi connectivity index (χ4n) is 2.39. The van der Waals surface area contributed by atoms with Crippen LogP contribution < -0.4 is 14.2 Å². The van der Waals surface area contributed by atoms with Gasteiger partial charge in [-0.25, -0.2) is 9.79 Å². The molecule has 0 aromatic heterocycles. The van der Waals surface area contributed by atoms with Crippen LogP contribution in [0.5, 0.6) is 17.2 Å². The zero-order chi connectivity index (χ0) is 17.8. The Bertz CT molecular complexity index is 870. The van der Waals surface area contributed by atoms with E-state index in [0.717, 1.165) is 5.56 Å². The molecule has 0 fully saturated rings. The lowest BCUT2D eigenvalue weighted by molar-refractivity contribution is -0.129. The number of carbonyl (C=O) groups excluding carboxylic acids is 1. The number of cyclic esters (lactones) is 1. The van der Waals surface area contributed by atoms with E-state index in [1.807, 2.05) is 24.3 Å². The van der Waals surface area contributed by atoms with E-state index in [0.29, 0.717) is 22.8 Å². The summed E-state index contributed by atoms with van der Waals surface area (Å²) in [7, 11) is 4.68. The fraction of sp³-hybridized carbons (Fsp3) is 0.158. The van der Waals surface area contributed by atoms with Gasteiger partial charge in [-0.3, -0.25) is 0 Å². The third kappa shape index (κ3) is 3.47. The molecule has 3 rings (SSSR count). The number of aliphatic imine (C=N–C) groups is 1. The number of nitrogens with zero attached hydrogens (tertiary/aromatic N) is 1. The van der Waals surface area contributed by atoms with Gasteiger partial charge in [0, 0.05) is 5.56 Å². The molecule has 128 valence electrons. The summed E-state index contributed by atoms with van der Waals surface area (Å²) >= 11 is 0. The Balaban J connectivity index is 1.93. The van der Waals surface area contributed by atoms with Gasteiger partial charge in [-0.05, 0) is 42.0 Å². The molecule has 25 heavy (non-hydrogen) atoms. The Morgan fingerprint density at radius 2 is 1.76 bits per heavy atom. The topological polar surface area (TPSA) is 66.3 Å². The molecule has 0 saturated carbocycles. The fourth-order valence-corrected chi connectivity index (χ4v) is 2.39. The summed E-state index contributed by atoms with van der Waals surface area (Å²) in [4.78, 5) is 16.4.